The van der Waals surface area contributed by atoms with Crippen LogP contribution in [0.5, 0.6) is 0 Å². The van der Waals surface area contributed by atoms with Gasteiger partial charge in [-0.25, -0.2) is 18.1 Å². The van der Waals surface area contributed by atoms with Gasteiger partial charge >= 0.3 is 0 Å². The van der Waals surface area contributed by atoms with Crippen LogP contribution >= 0.6 is 0 Å². The summed E-state index contributed by atoms with van der Waals surface area (Å²) < 4.78 is 185. The molecule has 4 aromatic carbocycles. The van der Waals surface area contributed by atoms with Gasteiger partial charge in [0.25, 0.3) is 40.5 Å². The first kappa shape index (κ1) is 49.9. The highest BCUT2D eigenvalue weighted by molar-refractivity contribution is 7.89. The first-order valence-corrected chi connectivity index (χ1v) is 29.2. The van der Waals surface area contributed by atoms with E-state index < -0.39 is 81.0 Å². The lowest BCUT2D eigenvalue weighted by atomic mass is 9.53. The van der Waals surface area contributed by atoms with Crippen molar-refractivity contribution in [1.82, 2.24) is 4.72 Å². The van der Waals surface area contributed by atoms with Crippen LogP contribution in [0.2, 0.25) is 0 Å². The molecule has 372 valence electrons. The molecule has 5 aliphatic carbocycles. The normalized spacial score (nSPS) is 21.0. The minimum absolute atomic E-state index is 0.00831. The molecule has 0 unspecified atom stereocenters. The number of hydrogen-bond acceptors (Lipinski definition) is 13. The molecule has 0 spiro atoms. The maximum atomic E-state index is 15.0. The highest BCUT2D eigenvalue weighted by Gasteiger charge is 2.52. The molecule has 0 saturated heterocycles. The van der Waals surface area contributed by atoms with Crippen LogP contribution in [-0.2, 0) is 50.5 Å². The SMILES string of the molecule is Cc1cc(C)c(S(=O)(=O)O)c(C)c1/N=c1\cc2oc3cc(Nc4c(C)cc(C)c(S(=O)(=O)O)c4C)c(S(=O)(=O)O)cc3c(-c3ccccc3S(=O)(=O)NC34CC5CC(CC(C5)C3)C4)c-2cc1S(=O)(=O)O. The number of aryl methyl sites for hydroxylation is 4. The monoisotopic (exact) mass is 1060 g/mol. The quantitative estimate of drug-likeness (QED) is 0.0525. The van der Waals surface area contributed by atoms with Crippen LogP contribution in [0.4, 0.5) is 17.1 Å². The summed E-state index contributed by atoms with van der Waals surface area (Å²) >= 11 is 0. The minimum Gasteiger partial charge on any atom is -0.456 e. The van der Waals surface area contributed by atoms with E-state index in [-0.39, 0.29) is 77.6 Å². The van der Waals surface area contributed by atoms with Gasteiger partial charge in [0.05, 0.1) is 21.6 Å². The van der Waals surface area contributed by atoms with Gasteiger partial charge in [-0.05, 0) is 149 Å². The molecule has 0 radical (unpaired) electrons. The van der Waals surface area contributed by atoms with Crippen molar-refractivity contribution in [1.29, 1.82) is 0 Å². The fourth-order valence-electron chi connectivity index (χ4n) is 12.0. The van der Waals surface area contributed by atoms with Crippen LogP contribution in [0.15, 0.2) is 94.6 Å². The zero-order valence-corrected chi connectivity index (χ0v) is 42.6. The highest BCUT2D eigenvalue weighted by Crippen LogP contribution is 2.56. The van der Waals surface area contributed by atoms with E-state index in [4.69, 9.17) is 4.42 Å². The summed E-state index contributed by atoms with van der Waals surface area (Å²) in [7, 11) is -24.6. The lowest BCUT2D eigenvalue weighted by Gasteiger charge is -2.56. The van der Waals surface area contributed by atoms with Gasteiger partial charge in [0.2, 0.25) is 10.0 Å². The number of sulfonamides is 1. The maximum Gasteiger partial charge on any atom is 0.296 e. The van der Waals surface area contributed by atoms with Crippen LogP contribution in [0, 0.1) is 59.3 Å². The van der Waals surface area contributed by atoms with Crippen LogP contribution in [0.1, 0.15) is 71.9 Å². The third-order valence-corrected chi connectivity index (χ3v) is 19.8. The molecule has 6 N–H and O–H groups in total. The van der Waals surface area contributed by atoms with Crippen LogP contribution in [0.3, 0.4) is 0 Å². The van der Waals surface area contributed by atoms with E-state index in [2.05, 4.69) is 15.0 Å². The lowest BCUT2D eigenvalue weighted by Crippen LogP contribution is -2.59. The van der Waals surface area contributed by atoms with Gasteiger partial charge in [-0.3, -0.25) is 18.2 Å². The molecule has 10 rings (SSSR count). The van der Waals surface area contributed by atoms with Gasteiger partial charge in [0.15, 0.2) is 0 Å². The van der Waals surface area contributed by atoms with Gasteiger partial charge in [-0.15, -0.1) is 0 Å². The molecule has 1 aliphatic heterocycles. The van der Waals surface area contributed by atoms with Crippen molar-refractivity contribution < 1.29 is 64.7 Å². The smallest absolute Gasteiger partial charge is 0.296 e. The first-order valence-electron chi connectivity index (χ1n) is 22.0. The second-order valence-corrected chi connectivity index (χ2v) is 26.4. The Bertz CT molecular complexity index is 3870. The minimum atomic E-state index is -5.28. The second kappa shape index (κ2) is 16.7. The Morgan fingerprint density at radius 2 is 1.13 bits per heavy atom. The number of anilines is 2. The van der Waals surface area contributed by atoms with Crippen molar-refractivity contribution in [2.45, 2.75) is 110 Å². The van der Waals surface area contributed by atoms with Crippen molar-refractivity contribution in [3.8, 4) is 22.5 Å². The van der Waals surface area contributed by atoms with Gasteiger partial charge in [0, 0.05) is 45.4 Å². The summed E-state index contributed by atoms with van der Waals surface area (Å²) in [5.74, 6) is 0.848. The summed E-state index contributed by atoms with van der Waals surface area (Å²) in [5, 5.41) is 2.23. The standard InChI is InChI=1S/C47H49N3O15S5/c1-23-11-25(3)45(69(59,60)61)27(5)43(23)48-35-18-37-33(16-40(35)67(53,54)55)42(32-9-7-8-10-39(32)66(51,52)50-47-20-29-13-30(21-47)15-31(14-29)22-47)34-17-41(68(56,57)58)36(19-38(34)65-37)49-44-24(2)12-26(4)46(28(44)6)70(62,63)64/h7-12,16-19,29-31,48,50H,13-15,20-22H2,1-6H3,(H,53,54,55)(H,56,57,58)(H,59,60,61)(H,62,63,64)/b49-36+. The Kier molecular flexibility index (Phi) is 11.9. The summed E-state index contributed by atoms with van der Waals surface area (Å²) in [6, 6.07) is 12.8. The van der Waals surface area contributed by atoms with Crippen LogP contribution < -0.4 is 15.4 Å². The number of fused-ring (bicyclic) bond motifs is 2. The van der Waals surface area contributed by atoms with E-state index in [1.165, 1.54) is 64.1 Å². The molecule has 18 nitrogen and oxygen atoms in total. The predicted molar refractivity (Wildman–Crippen MR) is 259 cm³/mol. The number of hydrogen-bond donors (Lipinski definition) is 6. The van der Waals surface area contributed by atoms with E-state index in [1.807, 2.05) is 0 Å². The molecule has 4 bridgehead atoms. The molecule has 0 aromatic heterocycles. The van der Waals surface area contributed by atoms with Crippen molar-refractivity contribution in [2.24, 2.45) is 22.7 Å². The average molecular weight is 1060 g/mol. The van der Waals surface area contributed by atoms with Crippen molar-refractivity contribution in [2.75, 3.05) is 5.32 Å². The number of nitrogens with one attached hydrogen (secondary N) is 2. The van der Waals surface area contributed by atoms with Gasteiger partial charge in [0.1, 0.15) is 30.9 Å². The Labute approximate surface area is 405 Å². The molecule has 6 aliphatic rings. The van der Waals surface area contributed by atoms with Crippen molar-refractivity contribution >= 4 is 78.5 Å². The van der Waals surface area contributed by atoms with E-state index in [0.29, 0.717) is 48.1 Å². The zero-order valence-electron chi connectivity index (χ0n) is 38.5. The van der Waals surface area contributed by atoms with Gasteiger partial charge in [-0.2, -0.15) is 33.7 Å². The maximum absolute atomic E-state index is 15.0. The molecule has 4 aromatic rings. The number of benzene rings is 5. The molecular weight excluding hydrogens is 1010 g/mol. The molecular formula is C47H49N3O15S5. The first-order chi connectivity index (χ1) is 32.3. The van der Waals surface area contributed by atoms with Crippen molar-refractivity contribution in [3.05, 3.63) is 99.4 Å². The van der Waals surface area contributed by atoms with Crippen LogP contribution in [0.25, 0.3) is 33.4 Å². The second-order valence-electron chi connectivity index (χ2n) is 19.2. The highest BCUT2D eigenvalue weighted by atomic mass is 32.2. The number of rotatable bonds is 11. The summed E-state index contributed by atoms with van der Waals surface area (Å²) in [6.07, 6.45) is 5.00. The fourth-order valence-corrected chi connectivity index (χ4v) is 16.9. The lowest BCUT2D eigenvalue weighted by molar-refractivity contribution is -0.00810. The zero-order chi connectivity index (χ0) is 51.0. The topological polar surface area (TPSA) is 301 Å². The average Bonchev–Trinajstić information content (AvgIpc) is 3.19. The Hall–Kier alpha value is -5.08. The largest absolute Gasteiger partial charge is 0.456 e. The van der Waals surface area contributed by atoms with E-state index in [1.54, 1.807) is 13.8 Å². The van der Waals surface area contributed by atoms with Crippen LogP contribution in [-0.4, -0.2) is 65.8 Å². The summed E-state index contributed by atoms with van der Waals surface area (Å²) in [4.78, 5) is 1.63. The van der Waals surface area contributed by atoms with E-state index >= 15 is 0 Å². The predicted octanol–water partition coefficient (Wildman–Crippen LogP) is 8.27. The fraction of sp³-hybridized carbons (Fsp3) is 0.340. The van der Waals surface area contributed by atoms with Gasteiger partial charge < -0.3 is 9.73 Å². The Morgan fingerprint density at radius 3 is 1.69 bits per heavy atom. The molecule has 0 atom stereocenters. The molecule has 0 amide bonds. The molecule has 70 heavy (non-hydrogen) atoms. The molecule has 23 heteroatoms. The summed E-state index contributed by atoms with van der Waals surface area (Å²) in [6.45, 7) is 8.77. The van der Waals surface area contributed by atoms with E-state index in [9.17, 15) is 60.3 Å². The Balaban J connectivity index is 1.38. The Morgan fingerprint density at radius 1 is 0.586 bits per heavy atom. The molecule has 1 heterocycles. The third-order valence-electron chi connectivity index (χ3n) is 14.1. The van der Waals surface area contributed by atoms with Crippen molar-refractivity contribution in [3.63, 3.8) is 0 Å². The van der Waals surface area contributed by atoms with Gasteiger partial charge in [-0.1, -0.05) is 30.3 Å². The van der Waals surface area contributed by atoms with E-state index in [0.717, 1.165) is 43.5 Å². The summed E-state index contributed by atoms with van der Waals surface area (Å²) in [5.41, 5.74) is -0.696. The third kappa shape index (κ3) is 8.87. The molecule has 4 saturated carbocycles. The number of nitrogens with zero attached hydrogens (tertiary/aromatic N) is 1. The molecule has 4 fully saturated rings.